The van der Waals surface area contributed by atoms with E-state index in [2.05, 4.69) is 41.9 Å². The van der Waals surface area contributed by atoms with Crippen molar-refractivity contribution in [2.24, 2.45) is 0 Å². The summed E-state index contributed by atoms with van der Waals surface area (Å²) < 4.78 is 0. The van der Waals surface area contributed by atoms with E-state index in [0.29, 0.717) is 5.69 Å². The largest absolute Gasteiger partial charge is 0.399 e. The van der Waals surface area contributed by atoms with E-state index in [1.807, 2.05) is 84.9 Å². The summed E-state index contributed by atoms with van der Waals surface area (Å²) in [5.74, 6) is 13.5. The van der Waals surface area contributed by atoms with Crippen molar-refractivity contribution in [2.45, 2.75) is 0 Å². The molecule has 5 aromatic rings. The average Bonchev–Trinajstić information content (AvgIpc) is 2.82. The Kier molecular flexibility index (Phi) is 4.86. The van der Waals surface area contributed by atoms with Crippen molar-refractivity contribution < 1.29 is 0 Å². The van der Waals surface area contributed by atoms with Gasteiger partial charge in [0.15, 0.2) is 0 Å². The molecule has 1 heteroatoms. The molecular formula is C30H19N. The summed E-state index contributed by atoms with van der Waals surface area (Å²) in [6, 6.07) is 34.4. The topological polar surface area (TPSA) is 26.0 Å². The van der Waals surface area contributed by atoms with Gasteiger partial charge in [-0.3, -0.25) is 0 Å². The van der Waals surface area contributed by atoms with E-state index in [9.17, 15) is 0 Å². The van der Waals surface area contributed by atoms with E-state index >= 15 is 0 Å². The minimum atomic E-state index is 0.715. The molecule has 144 valence electrons. The lowest BCUT2D eigenvalue weighted by Gasteiger charge is -2.11. The number of hydrogen-bond donors (Lipinski definition) is 1. The molecular weight excluding hydrogens is 374 g/mol. The van der Waals surface area contributed by atoms with Gasteiger partial charge in [0.05, 0.1) is 0 Å². The van der Waals surface area contributed by atoms with Gasteiger partial charge in [-0.1, -0.05) is 90.4 Å². The molecule has 1 nitrogen and oxygen atoms in total. The predicted molar refractivity (Wildman–Crippen MR) is 131 cm³/mol. The minimum absolute atomic E-state index is 0.715. The molecule has 31 heavy (non-hydrogen) atoms. The van der Waals surface area contributed by atoms with E-state index in [1.165, 1.54) is 0 Å². The first-order valence-corrected chi connectivity index (χ1v) is 10.2. The zero-order chi connectivity index (χ0) is 21.0. The SMILES string of the molecule is Nc1ccc2c(C#Cc3ccccc3)c3ccccc3c(C#Cc3ccccc3)c2c1. The number of rotatable bonds is 0. The van der Waals surface area contributed by atoms with Crippen LogP contribution in [0.25, 0.3) is 21.5 Å². The van der Waals surface area contributed by atoms with Gasteiger partial charge in [-0.25, -0.2) is 0 Å². The smallest absolute Gasteiger partial charge is 0.0407 e. The first kappa shape index (κ1) is 18.6. The van der Waals surface area contributed by atoms with Gasteiger partial charge in [0.1, 0.15) is 0 Å². The maximum atomic E-state index is 6.17. The van der Waals surface area contributed by atoms with Crippen molar-refractivity contribution in [3.05, 3.63) is 125 Å². The van der Waals surface area contributed by atoms with Crippen molar-refractivity contribution in [2.75, 3.05) is 5.73 Å². The quantitative estimate of drug-likeness (QED) is 0.184. The summed E-state index contributed by atoms with van der Waals surface area (Å²) in [5, 5.41) is 4.27. The molecule has 0 fully saturated rings. The standard InChI is InChI=1S/C30H19N/c31-24-17-20-29-27(18-15-22-9-3-1-4-10-22)25-13-7-8-14-26(25)28(30(29)21-24)19-16-23-11-5-2-6-12-23/h1-14,17,20-21H,31H2. The van der Waals surface area contributed by atoms with E-state index in [4.69, 9.17) is 5.73 Å². The summed E-state index contributed by atoms with van der Waals surface area (Å²) in [4.78, 5) is 0. The van der Waals surface area contributed by atoms with Crippen LogP contribution >= 0.6 is 0 Å². The van der Waals surface area contributed by atoms with Crippen LogP contribution in [-0.4, -0.2) is 0 Å². The van der Waals surface area contributed by atoms with E-state index in [0.717, 1.165) is 43.8 Å². The molecule has 0 unspecified atom stereocenters. The highest BCUT2D eigenvalue weighted by atomic mass is 14.5. The molecule has 0 spiro atoms. The van der Waals surface area contributed by atoms with E-state index in [-0.39, 0.29) is 0 Å². The predicted octanol–water partition coefficient (Wildman–Crippen LogP) is 6.37. The van der Waals surface area contributed by atoms with Crippen LogP contribution in [0.4, 0.5) is 5.69 Å². The van der Waals surface area contributed by atoms with Crippen molar-refractivity contribution in [3.63, 3.8) is 0 Å². The van der Waals surface area contributed by atoms with Crippen LogP contribution in [-0.2, 0) is 0 Å². The third-order valence-electron chi connectivity index (χ3n) is 5.26. The number of nitrogen functional groups attached to an aromatic ring is 1. The van der Waals surface area contributed by atoms with Crippen molar-refractivity contribution in [1.82, 2.24) is 0 Å². The second-order valence-corrected chi connectivity index (χ2v) is 7.33. The Labute approximate surface area is 182 Å². The maximum absolute atomic E-state index is 6.17. The zero-order valence-electron chi connectivity index (χ0n) is 16.9. The third kappa shape index (κ3) is 3.74. The van der Waals surface area contributed by atoms with Crippen molar-refractivity contribution in [3.8, 4) is 23.7 Å². The fourth-order valence-corrected chi connectivity index (χ4v) is 3.78. The van der Waals surface area contributed by atoms with Crippen LogP contribution in [0.2, 0.25) is 0 Å². The van der Waals surface area contributed by atoms with E-state index in [1.54, 1.807) is 0 Å². The van der Waals surface area contributed by atoms with Gasteiger partial charge in [-0.05, 0) is 52.6 Å². The van der Waals surface area contributed by atoms with Gasteiger partial charge in [-0.15, -0.1) is 0 Å². The van der Waals surface area contributed by atoms with Gasteiger partial charge >= 0.3 is 0 Å². The Hall–Kier alpha value is -4.46. The highest BCUT2D eigenvalue weighted by Crippen LogP contribution is 2.33. The highest BCUT2D eigenvalue weighted by Gasteiger charge is 2.12. The zero-order valence-corrected chi connectivity index (χ0v) is 16.9. The second kappa shape index (κ2) is 8.11. The summed E-state index contributed by atoms with van der Waals surface area (Å²) in [6.45, 7) is 0. The lowest BCUT2D eigenvalue weighted by molar-refractivity contribution is 1.64. The van der Waals surface area contributed by atoms with Crippen LogP contribution in [0.3, 0.4) is 0 Å². The number of fused-ring (bicyclic) bond motifs is 2. The van der Waals surface area contributed by atoms with Crippen LogP contribution in [0, 0.1) is 23.7 Å². The van der Waals surface area contributed by atoms with Gasteiger partial charge in [-0.2, -0.15) is 0 Å². The number of benzene rings is 5. The van der Waals surface area contributed by atoms with Crippen LogP contribution in [0.5, 0.6) is 0 Å². The van der Waals surface area contributed by atoms with E-state index < -0.39 is 0 Å². The molecule has 0 amide bonds. The summed E-state index contributed by atoms with van der Waals surface area (Å²) >= 11 is 0. The number of nitrogens with two attached hydrogens (primary N) is 1. The Balaban J connectivity index is 1.82. The molecule has 0 aliphatic rings. The molecule has 2 N–H and O–H groups in total. The first-order chi connectivity index (χ1) is 15.3. The molecule has 0 heterocycles. The second-order valence-electron chi connectivity index (χ2n) is 7.33. The monoisotopic (exact) mass is 393 g/mol. The van der Waals surface area contributed by atoms with Gasteiger partial charge in [0.2, 0.25) is 0 Å². The lowest BCUT2D eigenvalue weighted by atomic mass is 9.91. The summed E-state index contributed by atoms with van der Waals surface area (Å²) in [5.41, 5.74) is 10.8. The van der Waals surface area contributed by atoms with Gasteiger partial charge in [0, 0.05) is 33.3 Å². The fraction of sp³-hybridized carbons (Fsp3) is 0. The van der Waals surface area contributed by atoms with Gasteiger partial charge in [0.25, 0.3) is 0 Å². The van der Waals surface area contributed by atoms with Crippen molar-refractivity contribution >= 4 is 27.2 Å². The molecule has 5 aromatic carbocycles. The minimum Gasteiger partial charge on any atom is -0.399 e. The molecule has 0 aromatic heterocycles. The Bertz CT molecular complexity index is 1520. The molecule has 0 saturated heterocycles. The normalized spacial score (nSPS) is 10.2. The third-order valence-corrected chi connectivity index (χ3v) is 5.26. The van der Waals surface area contributed by atoms with Crippen LogP contribution in [0.1, 0.15) is 22.3 Å². The van der Waals surface area contributed by atoms with Crippen molar-refractivity contribution in [1.29, 1.82) is 0 Å². The van der Waals surface area contributed by atoms with Gasteiger partial charge < -0.3 is 5.73 Å². The average molecular weight is 393 g/mol. The van der Waals surface area contributed by atoms with Crippen LogP contribution in [0.15, 0.2) is 103 Å². The molecule has 5 rings (SSSR count). The fourth-order valence-electron chi connectivity index (χ4n) is 3.78. The van der Waals surface area contributed by atoms with Crippen LogP contribution < -0.4 is 5.73 Å². The summed E-state index contributed by atoms with van der Waals surface area (Å²) in [7, 11) is 0. The molecule has 0 aliphatic heterocycles. The molecule has 0 aliphatic carbocycles. The number of hydrogen-bond acceptors (Lipinski definition) is 1. The molecule has 0 radical (unpaired) electrons. The molecule has 0 atom stereocenters. The lowest BCUT2D eigenvalue weighted by Crippen LogP contribution is -1.93. The first-order valence-electron chi connectivity index (χ1n) is 10.2. The maximum Gasteiger partial charge on any atom is 0.0407 e. The Morgan fingerprint density at radius 1 is 0.419 bits per heavy atom. The Morgan fingerprint density at radius 3 is 1.42 bits per heavy atom. The molecule has 0 bridgehead atoms. The highest BCUT2D eigenvalue weighted by molar-refractivity contribution is 6.10. The number of anilines is 1. The molecule has 0 saturated carbocycles. The Morgan fingerprint density at radius 2 is 0.871 bits per heavy atom. The summed E-state index contributed by atoms with van der Waals surface area (Å²) in [6.07, 6.45) is 0.